The van der Waals surface area contributed by atoms with Crippen LogP contribution < -0.4 is 5.73 Å². The Morgan fingerprint density at radius 1 is 1.47 bits per heavy atom. The number of hydrogen-bond donors (Lipinski definition) is 1. The lowest BCUT2D eigenvalue weighted by Crippen LogP contribution is -2.35. The molecule has 0 radical (unpaired) electrons. The van der Waals surface area contributed by atoms with Crippen LogP contribution in [0.4, 0.5) is 0 Å². The van der Waals surface area contributed by atoms with Crippen molar-refractivity contribution in [3.63, 3.8) is 0 Å². The fourth-order valence-electron chi connectivity index (χ4n) is 2.22. The summed E-state index contributed by atoms with van der Waals surface area (Å²) >= 11 is 0. The van der Waals surface area contributed by atoms with E-state index in [0.717, 1.165) is 31.6 Å². The van der Waals surface area contributed by atoms with Crippen LogP contribution in [0.3, 0.4) is 0 Å². The van der Waals surface area contributed by atoms with E-state index in [1.165, 1.54) is 19.3 Å². The van der Waals surface area contributed by atoms with Gasteiger partial charge in [0.2, 0.25) is 0 Å². The van der Waals surface area contributed by atoms with Gasteiger partial charge < -0.3 is 5.73 Å². The molecule has 0 heterocycles. The summed E-state index contributed by atoms with van der Waals surface area (Å²) in [5, 5.41) is 0. The molecule has 2 nitrogen and oxygen atoms in total. The molecule has 2 N–H and O–H groups in total. The molecular weight excluding hydrogens is 184 g/mol. The first-order valence-corrected chi connectivity index (χ1v) is 6.22. The summed E-state index contributed by atoms with van der Waals surface area (Å²) in [7, 11) is 0. The molecule has 0 saturated heterocycles. The van der Waals surface area contributed by atoms with Gasteiger partial charge in [-0.1, -0.05) is 19.9 Å². The normalized spacial score (nSPS) is 18.5. The predicted molar refractivity (Wildman–Crippen MR) is 66.8 cm³/mol. The first kappa shape index (κ1) is 12.7. The Hall–Kier alpha value is -0.340. The zero-order chi connectivity index (χ0) is 11.3. The van der Waals surface area contributed by atoms with Gasteiger partial charge in [0.05, 0.1) is 0 Å². The van der Waals surface area contributed by atoms with Crippen molar-refractivity contribution < 1.29 is 0 Å². The molecule has 0 amide bonds. The molecule has 0 aromatic rings. The number of nitrogens with two attached hydrogens (primary N) is 1. The zero-order valence-electron chi connectivity index (χ0n) is 10.3. The van der Waals surface area contributed by atoms with E-state index in [9.17, 15) is 0 Å². The maximum Gasteiger partial charge on any atom is 0.0163 e. The van der Waals surface area contributed by atoms with Gasteiger partial charge in [0.15, 0.2) is 0 Å². The van der Waals surface area contributed by atoms with E-state index < -0.39 is 0 Å². The molecule has 1 unspecified atom stereocenters. The van der Waals surface area contributed by atoms with Gasteiger partial charge in [-0.3, -0.25) is 4.90 Å². The average molecular weight is 210 g/mol. The zero-order valence-corrected chi connectivity index (χ0v) is 10.3. The average Bonchev–Trinajstić information content (AvgIpc) is 2.98. The van der Waals surface area contributed by atoms with E-state index in [-0.39, 0.29) is 0 Å². The minimum Gasteiger partial charge on any atom is -0.330 e. The number of rotatable bonds is 8. The minimum atomic E-state index is 0.658. The minimum absolute atomic E-state index is 0.658. The highest BCUT2D eigenvalue weighted by molar-refractivity contribution is 4.89. The van der Waals surface area contributed by atoms with Gasteiger partial charge in [0, 0.05) is 19.1 Å². The topological polar surface area (TPSA) is 29.3 Å². The lowest BCUT2D eigenvalue weighted by molar-refractivity contribution is 0.227. The smallest absolute Gasteiger partial charge is 0.0163 e. The molecule has 0 spiro atoms. The fourth-order valence-corrected chi connectivity index (χ4v) is 2.22. The van der Waals surface area contributed by atoms with Crippen molar-refractivity contribution in [3.05, 3.63) is 12.7 Å². The van der Waals surface area contributed by atoms with Crippen molar-refractivity contribution in [3.8, 4) is 0 Å². The molecule has 0 aromatic heterocycles. The third-order valence-corrected chi connectivity index (χ3v) is 3.06. The van der Waals surface area contributed by atoms with Crippen LogP contribution in [0.1, 0.15) is 33.1 Å². The van der Waals surface area contributed by atoms with Crippen LogP contribution in [0.5, 0.6) is 0 Å². The summed E-state index contributed by atoms with van der Waals surface area (Å²) in [4.78, 5) is 2.55. The Bertz CT molecular complexity index is 185. The molecule has 1 aliphatic carbocycles. The monoisotopic (exact) mass is 210 g/mol. The van der Waals surface area contributed by atoms with Crippen LogP contribution in [0.15, 0.2) is 12.7 Å². The Morgan fingerprint density at radius 2 is 2.13 bits per heavy atom. The van der Waals surface area contributed by atoms with E-state index in [1.54, 1.807) is 0 Å². The van der Waals surface area contributed by atoms with Crippen LogP contribution in [0.2, 0.25) is 0 Å². The van der Waals surface area contributed by atoms with Crippen LogP contribution in [-0.2, 0) is 0 Å². The van der Waals surface area contributed by atoms with E-state index in [1.807, 2.05) is 6.08 Å². The van der Waals surface area contributed by atoms with Crippen LogP contribution in [-0.4, -0.2) is 30.6 Å². The number of nitrogens with zero attached hydrogens (tertiary/aromatic N) is 1. The van der Waals surface area contributed by atoms with Gasteiger partial charge in [0.25, 0.3) is 0 Å². The van der Waals surface area contributed by atoms with Gasteiger partial charge in [-0.15, -0.1) is 6.58 Å². The molecule has 1 saturated carbocycles. The summed E-state index contributed by atoms with van der Waals surface area (Å²) in [5.41, 5.74) is 5.83. The molecule has 1 aliphatic rings. The second-order valence-electron chi connectivity index (χ2n) is 5.21. The molecule has 0 aliphatic heterocycles. The molecule has 1 fully saturated rings. The lowest BCUT2D eigenvalue weighted by Gasteiger charge is -2.26. The second kappa shape index (κ2) is 6.29. The molecule has 0 aromatic carbocycles. The highest BCUT2D eigenvalue weighted by atomic mass is 15.2. The van der Waals surface area contributed by atoms with E-state index in [0.29, 0.717) is 5.92 Å². The van der Waals surface area contributed by atoms with Crippen molar-refractivity contribution in [2.75, 3.05) is 19.6 Å². The van der Waals surface area contributed by atoms with Crippen LogP contribution in [0, 0.1) is 11.8 Å². The van der Waals surface area contributed by atoms with Crippen LogP contribution in [0.25, 0.3) is 0 Å². The molecule has 88 valence electrons. The van der Waals surface area contributed by atoms with Crippen molar-refractivity contribution in [2.45, 2.75) is 39.2 Å². The summed E-state index contributed by atoms with van der Waals surface area (Å²) in [6.45, 7) is 11.4. The predicted octanol–water partition coefficient (Wildman–Crippen LogP) is 2.26. The maximum absolute atomic E-state index is 5.83. The van der Waals surface area contributed by atoms with E-state index >= 15 is 0 Å². The lowest BCUT2D eigenvalue weighted by atomic mass is 9.96. The molecule has 15 heavy (non-hydrogen) atoms. The SMILES string of the molecule is C=CCN(CC(CN)CC(C)C)C1CC1. The van der Waals surface area contributed by atoms with E-state index in [4.69, 9.17) is 5.73 Å². The van der Waals surface area contributed by atoms with Gasteiger partial charge >= 0.3 is 0 Å². The highest BCUT2D eigenvalue weighted by Crippen LogP contribution is 2.28. The maximum atomic E-state index is 5.83. The molecule has 2 heteroatoms. The van der Waals surface area contributed by atoms with Gasteiger partial charge in [-0.05, 0) is 37.6 Å². The summed E-state index contributed by atoms with van der Waals surface area (Å²) in [6, 6.07) is 0.823. The van der Waals surface area contributed by atoms with Gasteiger partial charge in [0.1, 0.15) is 0 Å². The third-order valence-electron chi connectivity index (χ3n) is 3.06. The third kappa shape index (κ3) is 4.80. The van der Waals surface area contributed by atoms with Crippen molar-refractivity contribution in [1.29, 1.82) is 0 Å². The van der Waals surface area contributed by atoms with Crippen LogP contribution >= 0.6 is 0 Å². The quantitative estimate of drug-likeness (QED) is 0.623. The van der Waals surface area contributed by atoms with Crippen molar-refractivity contribution >= 4 is 0 Å². The van der Waals surface area contributed by atoms with E-state index in [2.05, 4.69) is 25.3 Å². The van der Waals surface area contributed by atoms with Crippen molar-refractivity contribution in [2.24, 2.45) is 17.6 Å². The van der Waals surface area contributed by atoms with Gasteiger partial charge in [-0.25, -0.2) is 0 Å². The molecule has 0 bridgehead atoms. The largest absolute Gasteiger partial charge is 0.330 e. The standard InChI is InChI=1S/C13H26N2/c1-4-7-15(13-5-6-13)10-12(9-14)8-11(2)3/h4,11-13H,1,5-10,14H2,2-3H3. The Morgan fingerprint density at radius 3 is 2.53 bits per heavy atom. The molecule has 1 rings (SSSR count). The Labute approximate surface area is 94.5 Å². The highest BCUT2D eigenvalue weighted by Gasteiger charge is 2.29. The summed E-state index contributed by atoms with van der Waals surface area (Å²) in [6.07, 6.45) is 6.00. The first-order chi connectivity index (χ1) is 7.17. The van der Waals surface area contributed by atoms with Crippen molar-refractivity contribution in [1.82, 2.24) is 4.90 Å². The Balaban J connectivity index is 2.35. The van der Waals surface area contributed by atoms with Gasteiger partial charge in [-0.2, -0.15) is 0 Å². The summed E-state index contributed by atoms with van der Waals surface area (Å²) < 4.78 is 0. The summed E-state index contributed by atoms with van der Waals surface area (Å²) in [5.74, 6) is 1.41. The molecular formula is C13H26N2. The fraction of sp³-hybridized carbons (Fsp3) is 0.846. The Kier molecular flexibility index (Phi) is 5.34. The number of hydrogen-bond acceptors (Lipinski definition) is 2. The second-order valence-corrected chi connectivity index (χ2v) is 5.21. The first-order valence-electron chi connectivity index (χ1n) is 6.22. The molecule has 1 atom stereocenters.